The van der Waals surface area contributed by atoms with Crippen molar-refractivity contribution in [3.63, 3.8) is 0 Å². The maximum Gasteiger partial charge on any atom is 0.230 e. The standard InChI is InChI=1S/C18H26FNO3/c1-17(2,7-10-21)13-20-16(22)18(8-11-23-12-9-18)14-3-5-15(19)6-4-14/h3-6,21H,7-13H2,1-2H3,(H,20,22). The van der Waals surface area contributed by atoms with Crippen molar-refractivity contribution in [2.24, 2.45) is 5.41 Å². The van der Waals surface area contributed by atoms with Gasteiger partial charge in [0.05, 0.1) is 5.41 Å². The summed E-state index contributed by atoms with van der Waals surface area (Å²) in [6.45, 7) is 5.65. The number of hydrogen-bond acceptors (Lipinski definition) is 3. The molecule has 2 N–H and O–H groups in total. The van der Waals surface area contributed by atoms with Crippen molar-refractivity contribution in [3.8, 4) is 0 Å². The molecule has 1 aromatic carbocycles. The summed E-state index contributed by atoms with van der Waals surface area (Å²) in [6.07, 6.45) is 1.80. The summed E-state index contributed by atoms with van der Waals surface area (Å²) >= 11 is 0. The molecule has 0 atom stereocenters. The molecule has 128 valence electrons. The summed E-state index contributed by atoms with van der Waals surface area (Å²) in [5.74, 6) is -0.348. The molecule has 0 aromatic heterocycles. The molecule has 1 aliphatic rings. The molecule has 23 heavy (non-hydrogen) atoms. The van der Waals surface area contributed by atoms with Gasteiger partial charge in [-0.15, -0.1) is 0 Å². The summed E-state index contributed by atoms with van der Waals surface area (Å²) < 4.78 is 18.6. The maximum atomic E-state index is 13.2. The van der Waals surface area contributed by atoms with E-state index < -0.39 is 5.41 Å². The SMILES string of the molecule is CC(C)(CCO)CNC(=O)C1(c2ccc(F)cc2)CCOCC1. The molecule has 0 spiro atoms. The minimum Gasteiger partial charge on any atom is -0.396 e. The summed E-state index contributed by atoms with van der Waals surface area (Å²) in [4.78, 5) is 12.9. The molecule has 4 nitrogen and oxygen atoms in total. The fourth-order valence-corrected chi connectivity index (χ4v) is 3.02. The smallest absolute Gasteiger partial charge is 0.230 e. The fraction of sp³-hybridized carbons (Fsp3) is 0.611. The number of nitrogens with one attached hydrogen (secondary N) is 1. The molecule has 0 saturated carbocycles. The van der Waals surface area contributed by atoms with E-state index in [0.29, 0.717) is 39.0 Å². The number of rotatable bonds is 6. The minimum atomic E-state index is -0.665. The van der Waals surface area contributed by atoms with E-state index in [4.69, 9.17) is 9.84 Å². The van der Waals surface area contributed by atoms with Crippen LogP contribution in [-0.4, -0.2) is 37.4 Å². The van der Waals surface area contributed by atoms with E-state index in [9.17, 15) is 9.18 Å². The molecule has 1 aromatic rings. The molecule has 1 heterocycles. The Morgan fingerprint density at radius 1 is 1.30 bits per heavy atom. The second-order valence-electron chi connectivity index (χ2n) is 7.02. The normalized spacial score (nSPS) is 17.7. The van der Waals surface area contributed by atoms with Crippen molar-refractivity contribution < 1.29 is 19.0 Å². The van der Waals surface area contributed by atoms with Crippen molar-refractivity contribution in [2.45, 2.75) is 38.5 Å². The molecule has 1 amide bonds. The third kappa shape index (κ3) is 4.30. The summed E-state index contributed by atoms with van der Waals surface area (Å²) in [5, 5.41) is 12.1. The Morgan fingerprint density at radius 2 is 1.91 bits per heavy atom. The zero-order valence-electron chi connectivity index (χ0n) is 13.9. The van der Waals surface area contributed by atoms with Crippen molar-refractivity contribution in [1.29, 1.82) is 0 Å². The number of carbonyl (C=O) groups is 1. The van der Waals surface area contributed by atoms with Crippen LogP contribution in [0.25, 0.3) is 0 Å². The molecule has 0 unspecified atom stereocenters. The molecule has 1 fully saturated rings. The third-order valence-corrected chi connectivity index (χ3v) is 4.69. The number of amides is 1. The van der Waals surface area contributed by atoms with Crippen molar-refractivity contribution in [1.82, 2.24) is 5.32 Å². The lowest BCUT2D eigenvalue weighted by Gasteiger charge is -2.37. The van der Waals surface area contributed by atoms with Gasteiger partial charge < -0.3 is 15.2 Å². The first-order valence-electron chi connectivity index (χ1n) is 8.13. The summed E-state index contributed by atoms with van der Waals surface area (Å²) in [5.41, 5.74) is 0.000490. The number of carbonyl (C=O) groups excluding carboxylic acids is 1. The van der Waals surface area contributed by atoms with Crippen LogP contribution in [-0.2, 0) is 14.9 Å². The average Bonchev–Trinajstić information content (AvgIpc) is 2.54. The van der Waals surface area contributed by atoms with Gasteiger partial charge in [0.25, 0.3) is 0 Å². The zero-order valence-corrected chi connectivity index (χ0v) is 13.9. The summed E-state index contributed by atoms with van der Waals surface area (Å²) in [7, 11) is 0. The average molecular weight is 323 g/mol. The lowest BCUT2D eigenvalue weighted by Crippen LogP contribution is -2.50. The van der Waals surface area contributed by atoms with Crippen LogP contribution in [0.2, 0.25) is 0 Å². The van der Waals surface area contributed by atoms with Crippen molar-refractivity contribution >= 4 is 5.91 Å². The molecular formula is C18H26FNO3. The van der Waals surface area contributed by atoms with Gasteiger partial charge in [-0.1, -0.05) is 26.0 Å². The Hall–Kier alpha value is -1.46. The van der Waals surface area contributed by atoms with Crippen LogP contribution < -0.4 is 5.32 Å². The molecular weight excluding hydrogens is 297 g/mol. The van der Waals surface area contributed by atoms with Crippen LogP contribution >= 0.6 is 0 Å². The highest BCUT2D eigenvalue weighted by Gasteiger charge is 2.42. The maximum absolute atomic E-state index is 13.2. The molecule has 0 aliphatic carbocycles. The number of aliphatic hydroxyl groups is 1. The molecule has 1 aliphatic heterocycles. The predicted molar refractivity (Wildman–Crippen MR) is 86.6 cm³/mol. The van der Waals surface area contributed by atoms with Crippen LogP contribution in [0.5, 0.6) is 0 Å². The third-order valence-electron chi connectivity index (χ3n) is 4.69. The minimum absolute atomic E-state index is 0.0431. The Balaban J connectivity index is 2.17. The highest BCUT2D eigenvalue weighted by Crippen LogP contribution is 2.35. The van der Waals surface area contributed by atoms with Gasteiger partial charge in [-0.2, -0.15) is 0 Å². The number of hydrogen-bond donors (Lipinski definition) is 2. The number of halogens is 1. The Morgan fingerprint density at radius 3 is 2.48 bits per heavy atom. The van der Waals surface area contributed by atoms with E-state index in [0.717, 1.165) is 5.56 Å². The highest BCUT2D eigenvalue weighted by atomic mass is 19.1. The Bertz CT molecular complexity index is 522. The van der Waals surface area contributed by atoms with Gasteiger partial charge in [0.1, 0.15) is 5.82 Å². The van der Waals surface area contributed by atoms with Crippen LogP contribution in [0.3, 0.4) is 0 Å². The van der Waals surface area contributed by atoms with E-state index in [1.54, 1.807) is 12.1 Å². The second kappa shape index (κ2) is 7.41. The number of aliphatic hydroxyl groups excluding tert-OH is 1. The topological polar surface area (TPSA) is 58.6 Å². The van der Waals surface area contributed by atoms with Gasteiger partial charge in [-0.3, -0.25) is 4.79 Å². The van der Waals surface area contributed by atoms with Crippen LogP contribution in [0.15, 0.2) is 24.3 Å². The van der Waals surface area contributed by atoms with Gasteiger partial charge in [0.2, 0.25) is 5.91 Å². The monoisotopic (exact) mass is 323 g/mol. The molecule has 0 radical (unpaired) electrons. The van der Waals surface area contributed by atoms with Crippen LogP contribution in [0.1, 0.15) is 38.7 Å². The van der Waals surface area contributed by atoms with E-state index in [2.05, 4.69) is 5.32 Å². The quantitative estimate of drug-likeness (QED) is 0.845. The number of ether oxygens (including phenoxy) is 1. The van der Waals surface area contributed by atoms with E-state index in [-0.39, 0.29) is 23.7 Å². The largest absolute Gasteiger partial charge is 0.396 e. The zero-order chi connectivity index (χ0) is 16.9. The molecule has 2 rings (SSSR count). The van der Waals surface area contributed by atoms with E-state index in [1.807, 2.05) is 13.8 Å². The predicted octanol–water partition coefficient (Wildman–Crippen LogP) is 2.40. The Kier molecular flexibility index (Phi) is 5.76. The first-order chi connectivity index (χ1) is 10.9. The number of benzene rings is 1. The Labute approximate surface area is 137 Å². The highest BCUT2D eigenvalue weighted by molar-refractivity contribution is 5.88. The second-order valence-corrected chi connectivity index (χ2v) is 7.02. The van der Waals surface area contributed by atoms with E-state index in [1.165, 1.54) is 12.1 Å². The van der Waals surface area contributed by atoms with Gasteiger partial charge in [-0.25, -0.2) is 4.39 Å². The van der Waals surface area contributed by atoms with Gasteiger partial charge in [0.15, 0.2) is 0 Å². The molecule has 0 bridgehead atoms. The van der Waals surface area contributed by atoms with Crippen molar-refractivity contribution in [2.75, 3.05) is 26.4 Å². The van der Waals surface area contributed by atoms with Crippen LogP contribution in [0, 0.1) is 11.2 Å². The van der Waals surface area contributed by atoms with E-state index >= 15 is 0 Å². The van der Waals surface area contributed by atoms with Crippen LogP contribution in [0.4, 0.5) is 4.39 Å². The van der Waals surface area contributed by atoms with Gasteiger partial charge in [-0.05, 0) is 42.4 Å². The first kappa shape index (κ1) is 17.9. The lowest BCUT2D eigenvalue weighted by molar-refractivity contribution is -0.131. The first-order valence-corrected chi connectivity index (χ1v) is 8.13. The molecule has 1 saturated heterocycles. The van der Waals surface area contributed by atoms with Gasteiger partial charge >= 0.3 is 0 Å². The lowest BCUT2D eigenvalue weighted by atomic mass is 9.73. The van der Waals surface area contributed by atoms with Crippen molar-refractivity contribution in [3.05, 3.63) is 35.6 Å². The fourth-order valence-electron chi connectivity index (χ4n) is 3.02. The molecule has 5 heteroatoms. The summed E-state index contributed by atoms with van der Waals surface area (Å²) in [6, 6.07) is 6.18. The van der Waals surface area contributed by atoms with Gasteiger partial charge in [0, 0.05) is 26.4 Å².